The van der Waals surface area contributed by atoms with Gasteiger partial charge in [-0.05, 0) is 36.5 Å². The van der Waals surface area contributed by atoms with Gasteiger partial charge in [-0.1, -0.05) is 27.7 Å². The molecule has 0 N–H and O–H groups in total. The number of ether oxygens (including phenoxy) is 1. The van der Waals surface area contributed by atoms with E-state index in [0.29, 0.717) is 6.42 Å². The van der Waals surface area contributed by atoms with Gasteiger partial charge >= 0.3 is 0 Å². The summed E-state index contributed by atoms with van der Waals surface area (Å²) in [6.45, 7) is 10.4. The third-order valence-electron chi connectivity index (χ3n) is 3.13. The highest BCUT2D eigenvalue weighted by Gasteiger charge is 2.22. The SMILES string of the molecule is CCCC(=O)c1cc(C(C)(C)C)c(OC)cc1C. The highest BCUT2D eigenvalue weighted by Crippen LogP contribution is 2.34. The number of carbonyl (C=O) groups is 1. The Hall–Kier alpha value is -1.31. The molecule has 0 amide bonds. The molecule has 0 aliphatic rings. The number of hydrogen-bond donors (Lipinski definition) is 0. The molecule has 0 bridgehead atoms. The smallest absolute Gasteiger partial charge is 0.163 e. The van der Waals surface area contributed by atoms with Gasteiger partial charge in [-0.25, -0.2) is 0 Å². The zero-order valence-corrected chi connectivity index (χ0v) is 12.4. The summed E-state index contributed by atoms with van der Waals surface area (Å²) in [5.74, 6) is 1.09. The molecule has 2 nitrogen and oxygen atoms in total. The van der Waals surface area contributed by atoms with Crippen molar-refractivity contribution in [3.8, 4) is 5.75 Å². The van der Waals surface area contributed by atoms with Crippen LogP contribution >= 0.6 is 0 Å². The second kappa shape index (κ2) is 5.55. The lowest BCUT2D eigenvalue weighted by Gasteiger charge is -2.23. The van der Waals surface area contributed by atoms with Gasteiger partial charge in [-0.3, -0.25) is 4.79 Å². The van der Waals surface area contributed by atoms with Crippen molar-refractivity contribution >= 4 is 5.78 Å². The fourth-order valence-electron chi connectivity index (χ4n) is 2.10. The third-order valence-corrected chi connectivity index (χ3v) is 3.13. The first-order valence-electron chi connectivity index (χ1n) is 6.53. The molecule has 18 heavy (non-hydrogen) atoms. The predicted octanol–water partition coefficient (Wildman–Crippen LogP) is 4.28. The van der Waals surface area contributed by atoms with E-state index in [1.165, 1.54) is 0 Å². The fraction of sp³-hybridized carbons (Fsp3) is 0.562. The number of carbonyl (C=O) groups excluding carboxylic acids is 1. The van der Waals surface area contributed by atoms with Crippen molar-refractivity contribution in [1.29, 1.82) is 0 Å². The minimum atomic E-state index is -0.0275. The maximum absolute atomic E-state index is 12.1. The standard InChI is InChI=1S/C16H24O2/c1-7-8-14(17)12-10-13(16(3,4)5)15(18-6)9-11(12)2/h9-10H,7-8H2,1-6H3. The highest BCUT2D eigenvalue weighted by molar-refractivity contribution is 5.97. The maximum atomic E-state index is 12.1. The topological polar surface area (TPSA) is 26.3 Å². The normalized spacial score (nSPS) is 11.4. The lowest BCUT2D eigenvalue weighted by Crippen LogP contribution is -2.15. The molecule has 100 valence electrons. The minimum absolute atomic E-state index is 0.0275. The number of aryl methyl sites for hydroxylation is 1. The molecule has 0 fully saturated rings. The molecule has 0 aromatic heterocycles. The Balaban J connectivity index is 3.35. The zero-order chi connectivity index (χ0) is 13.9. The molecule has 1 aromatic rings. The van der Waals surface area contributed by atoms with Crippen molar-refractivity contribution in [2.24, 2.45) is 0 Å². The maximum Gasteiger partial charge on any atom is 0.163 e. The van der Waals surface area contributed by atoms with E-state index < -0.39 is 0 Å². The van der Waals surface area contributed by atoms with Crippen LogP contribution in [0, 0.1) is 6.92 Å². The van der Waals surface area contributed by atoms with Crippen molar-refractivity contribution in [2.75, 3.05) is 7.11 Å². The van der Waals surface area contributed by atoms with Crippen LogP contribution in [0.15, 0.2) is 12.1 Å². The first kappa shape index (κ1) is 14.7. The van der Waals surface area contributed by atoms with E-state index >= 15 is 0 Å². The van der Waals surface area contributed by atoms with Crippen LogP contribution in [0.5, 0.6) is 5.75 Å². The van der Waals surface area contributed by atoms with Gasteiger partial charge < -0.3 is 4.74 Å². The lowest BCUT2D eigenvalue weighted by atomic mass is 9.83. The molecule has 0 aliphatic heterocycles. The Labute approximate surface area is 110 Å². The van der Waals surface area contributed by atoms with Crippen LogP contribution in [-0.2, 0) is 5.41 Å². The van der Waals surface area contributed by atoms with Crippen molar-refractivity contribution in [2.45, 2.75) is 52.9 Å². The number of Topliss-reactive ketones (excluding diaryl/α,β-unsaturated/α-hetero) is 1. The molecule has 1 rings (SSSR count). The van der Waals surface area contributed by atoms with Crippen molar-refractivity contribution < 1.29 is 9.53 Å². The Morgan fingerprint density at radius 2 is 1.89 bits per heavy atom. The van der Waals surface area contributed by atoms with Gasteiger partial charge in [-0.2, -0.15) is 0 Å². The Morgan fingerprint density at radius 3 is 2.33 bits per heavy atom. The first-order valence-corrected chi connectivity index (χ1v) is 6.53. The Kier molecular flexibility index (Phi) is 4.55. The summed E-state index contributed by atoms with van der Waals surface area (Å²) in [7, 11) is 1.68. The van der Waals surface area contributed by atoms with Crippen molar-refractivity contribution in [3.05, 3.63) is 28.8 Å². The highest BCUT2D eigenvalue weighted by atomic mass is 16.5. The molecular formula is C16H24O2. The summed E-state index contributed by atoms with van der Waals surface area (Å²) >= 11 is 0. The summed E-state index contributed by atoms with van der Waals surface area (Å²) in [6.07, 6.45) is 1.49. The van der Waals surface area contributed by atoms with Gasteiger partial charge in [0.15, 0.2) is 5.78 Å². The summed E-state index contributed by atoms with van der Waals surface area (Å²) in [4.78, 5) is 12.1. The van der Waals surface area contributed by atoms with Crippen molar-refractivity contribution in [3.63, 3.8) is 0 Å². The molecule has 0 saturated carbocycles. The van der Waals surface area contributed by atoms with Crippen LogP contribution in [0.3, 0.4) is 0 Å². The van der Waals surface area contributed by atoms with Crippen LogP contribution in [-0.4, -0.2) is 12.9 Å². The van der Waals surface area contributed by atoms with Gasteiger partial charge in [0.1, 0.15) is 5.75 Å². The van der Waals surface area contributed by atoms with Crippen LogP contribution in [0.25, 0.3) is 0 Å². The average molecular weight is 248 g/mol. The third kappa shape index (κ3) is 3.12. The van der Waals surface area contributed by atoms with E-state index in [4.69, 9.17) is 4.74 Å². The van der Waals surface area contributed by atoms with E-state index in [0.717, 1.165) is 28.9 Å². The molecule has 2 heteroatoms. The fourth-order valence-corrected chi connectivity index (χ4v) is 2.10. The van der Waals surface area contributed by atoms with Gasteiger partial charge in [0.25, 0.3) is 0 Å². The largest absolute Gasteiger partial charge is 0.496 e. The summed E-state index contributed by atoms with van der Waals surface area (Å²) < 4.78 is 5.44. The quantitative estimate of drug-likeness (QED) is 0.743. The Bertz CT molecular complexity index is 439. The van der Waals surface area contributed by atoms with Gasteiger partial charge in [-0.15, -0.1) is 0 Å². The van der Waals surface area contributed by atoms with Gasteiger partial charge in [0.2, 0.25) is 0 Å². The van der Waals surface area contributed by atoms with E-state index in [-0.39, 0.29) is 11.2 Å². The predicted molar refractivity (Wildman–Crippen MR) is 75.7 cm³/mol. The summed E-state index contributed by atoms with van der Waals surface area (Å²) in [6, 6.07) is 3.98. The van der Waals surface area contributed by atoms with E-state index in [2.05, 4.69) is 20.8 Å². The number of rotatable bonds is 4. The monoisotopic (exact) mass is 248 g/mol. The van der Waals surface area contributed by atoms with Crippen LogP contribution < -0.4 is 4.74 Å². The van der Waals surface area contributed by atoms with E-state index in [9.17, 15) is 4.79 Å². The second-order valence-electron chi connectivity index (χ2n) is 5.79. The molecule has 0 saturated heterocycles. The molecule has 0 heterocycles. The molecule has 0 atom stereocenters. The summed E-state index contributed by atoms with van der Waals surface area (Å²) in [5.41, 5.74) is 2.90. The van der Waals surface area contributed by atoms with E-state index in [1.807, 2.05) is 26.0 Å². The van der Waals surface area contributed by atoms with E-state index in [1.54, 1.807) is 7.11 Å². The van der Waals surface area contributed by atoms with Crippen LogP contribution in [0.1, 0.15) is 62.0 Å². The Morgan fingerprint density at radius 1 is 1.28 bits per heavy atom. The summed E-state index contributed by atoms with van der Waals surface area (Å²) in [5, 5.41) is 0. The lowest BCUT2D eigenvalue weighted by molar-refractivity contribution is 0.0981. The van der Waals surface area contributed by atoms with Crippen LogP contribution in [0.4, 0.5) is 0 Å². The number of ketones is 1. The first-order chi connectivity index (χ1) is 8.31. The number of methoxy groups -OCH3 is 1. The van der Waals surface area contributed by atoms with Gasteiger partial charge in [0.05, 0.1) is 7.11 Å². The van der Waals surface area contributed by atoms with Gasteiger partial charge in [0, 0.05) is 17.5 Å². The molecule has 1 aromatic carbocycles. The van der Waals surface area contributed by atoms with Crippen molar-refractivity contribution in [1.82, 2.24) is 0 Å². The molecule has 0 spiro atoms. The average Bonchev–Trinajstić information content (AvgIpc) is 2.27. The number of hydrogen-bond acceptors (Lipinski definition) is 2. The molecular weight excluding hydrogens is 224 g/mol. The second-order valence-corrected chi connectivity index (χ2v) is 5.79. The van der Waals surface area contributed by atoms with Crippen LogP contribution in [0.2, 0.25) is 0 Å². The molecule has 0 unspecified atom stereocenters. The zero-order valence-electron chi connectivity index (χ0n) is 12.4. The molecule has 0 aliphatic carbocycles. The number of benzene rings is 1. The molecule has 0 radical (unpaired) electrons. The minimum Gasteiger partial charge on any atom is -0.496 e.